The molecule has 0 aliphatic heterocycles. The van der Waals surface area contributed by atoms with Crippen molar-refractivity contribution >= 4 is 18.3 Å². The van der Waals surface area contributed by atoms with Crippen LogP contribution in [0, 0.1) is 0 Å². The molecule has 6 heteroatoms. The molecule has 2 aromatic carbocycles. The molecule has 28 heavy (non-hydrogen) atoms. The zero-order valence-corrected chi connectivity index (χ0v) is 17.9. The second-order valence-electron chi connectivity index (χ2n) is 7.47. The van der Waals surface area contributed by atoms with Crippen molar-refractivity contribution in [3.05, 3.63) is 59.7 Å². The summed E-state index contributed by atoms with van der Waals surface area (Å²) in [5, 5.41) is 6.31. The molecule has 0 heterocycles. The SMILES string of the molecule is COc1ccccc1CCNCc1ccc(OCC(=O)NC(C)(C)C)cc1.Cl. The topological polar surface area (TPSA) is 59.6 Å². The Morgan fingerprint density at radius 2 is 1.71 bits per heavy atom. The maximum atomic E-state index is 11.8. The minimum absolute atomic E-state index is 0. The number of ether oxygens (including phenoxy) is 2. The molecule has 2 aromatic rings. The van der Waals surface area contributed by atoms with Gasteiger partial charge in [-0.15, -0.1) is 12.4 Å². The Balaban J connectivity index is 0.00000392. The number of carbonyl (C=O) groups excluding carboxylic acids is 1. The lowest BCUT2D eigenvalue weighted by Gasteiger charge is -2.20. The maximum absolute atomic E-state index is 11.8. The van der Waals surface area contributed by atoms with Crippen molar-refractivity contribution in [2.45, 2.75) is 39.3 Å². The van der Waals surface area contributed by atoms with E-state index in [4.69, 9.17) is 9.47 Å². The lowest BCUT2D eigenvalue weighted by Crippen LogP contribution is -2.43. The summed E-state index contributed by atoms with van der Waals surface area (Å²) in [5.41, 5.74) is 2.12. The molecule has 2 N–H and O–H groups in total. The highest BCUT2D eigenvalue weighted by Gasteiger charge is 2.13. The van der Waals surface area contributed by atoms with Gasteiger partial charge in [0.2, 0.25) is 0 Å². The zero-order valence-electron chi connectivity index (χ0n) is 17.1. The lowest BCUT2D eigenvalue weighted by atomic mass is 10.1. The summed E-state index contributed by atoms with van der Waals surface area (Å²) < 4.78 is 10.9. The van der Waals surface area contributed by atoms with Crippen LogP contribution in [0.3, 0.4) is 0 Å². The van der Waals surface area contributed by atoms with Crippen molar-refractivity contribution in [2.24, 2.45) is 0 Å². The van der Waals surface area contributed by atoms with Crippen LogP contribution in [-0.2, 0) is 17.8 Å². The quantitative estimate of drug-likeness (QED) is 0.623. The van der Waals surface area contributed by atoms with Gasteiger partial charge in [-0.1, -0.05) is 30.3 Å². The van der Waals surface area contributed by atoms with Crippen LogP contribution in [0.1, 0.15) is 31.9 Å². The number of methoxy groups -OCH3 is 1. The molecule has 0 atom stereocenters. The van der Waals surface area contributed by atoms with Gasteiger partial charge in [-0.25, -0.2) is 0 Å². The first-order valence-electron chi connectivity index (χ1n) is 9.23. The standard InChI is InChI=1S/C22H30N2O3.ClH/c1-22(2,3)24-21(25)16-27-19-11-9-17(10-12-19)15-23-14-13-18-7-5-6-8-20(18)26-4;/h5-12,23H,13-16H2,1-4H3,(H,24,25);1H. The van der Waals surface area contributed by atoms with Crippen molar-refractivity contribution in [1.29, 1.82) is 0 Å². The van der Waals surface area contributed by atoms with Crippen LogP contribution in [0.5, 0.6) is 11.5 Å². The van der Waals surface area contributed by atoms with Crippen LogP contribution in [-0.4, -0.2) is 31.7 Å². The molecular formula is C22H31ClN2O3. The summed E-state index contributed by atoms with van der Waals surface area (Å²) in [6.45, 7) is 7.50. The molecule has 0 saturated heterocycles. The molecule has 0 bridgehead atoms. The summed E-state index contributed by atoms with van der Waals surface area (Å²) in [6.07, 6.45) is 0.911. The molecule has 5 nitrogen and oxygen atoms in total. The Morgan fingerprint density at radius 3 is 2.36 bits per heavy atom. The number of carbonyl (C=O) groups is 1. The van der Waals surface area contributed by atoms with Crippen molar-refractivity contribution < 1.29 is 14.3 Å². The molecule has 0 aliphatic rings. The summed E-state index contributed by atoms with van der Waals surface area (Å²) in [4.78, 5) is 11.8. The largest absolute Gasteiger partial charge is 0.496 e. The molecule has 0 unspecified atom stereocenters. The van der Waals surface area contributed by atoms with E-state index in [1.807, 2.05) is 63.2 Å². The minimum Gasteiger partial charge on any atom is -0.496 e. The molecule has 154 valence electrons. The van der Waals surface area contributed by atoms with E-state index in [-0.39, 0.29) is 30.5 Å². The van der Waals surface area contributed by atoms with Gasteiger partial charge in [0.25, 0.3) is 5.91 Å². The number of amides is 1. The van der Waals surface area contributed by atoms with E-state index in [1.165, 1.54) is 11.1 Å². The Kier molecular flexibility index (Phi) is 9.83. The average Bonchev–Trinajstić information content (AvgIpc) is 2.63. The van der Waals surface area contributed by atoms with Crippen LogP contribution in [0.25, 0.3) is 0 Å². The highest BCUT2D eigenvalue weighted by atomic mass is 35.5. The highest BCUT2D eigenvalue weighted by Crippen LogP contribution is 2.17. The van der Waals surface area contributed by atoms with Gasteiger partial charge in [-0.05, 0) is 63.1 Å². The van der Waals surface area contributed by atoms with E-state index >= 15 is 0 Å². The number of hydrogen-bond acceptors (Lipinski definition) is 4. The van der Waals surface area contributed by atoms with E-state index in [0.29, 0.717) is 5.75 Å². The summed E-state index contributed by atoms with van der Waals surface area (Å²) in [5.74, 6) is 1.50. The predicted molar refractivity (Wildman–Crippen MR) is 115 cm³/mol. The third-order valence-corrected chi connectivity index (χ3v) is 3.90. The number of nitrogens with one attached hydrogen (secondary N) is 2. The normalized spacial score (nSPS) is 10.7. The Bertz CT molecular complexity index is 727. The first-order chi connectivity index (χ1) is 12.9. The van der Waals surface area contributed by atoms with Crippen molar-refractivity contribution in [3.8, 4) is 11.5 Å². The predicted octanol–water partition coefficient (Wildman–Crippen LogP) is 3.74. The molecule has 0 fully saturated rings. The summed E-state index contributed by atoms with van der Waals surface area (Å²) >= 11 is 0. The number of rotatable bonds is 9. The third-order valence-electron chi connectivity index (χ3n) is 3.90. The first kappa shape index (κ1) is 23.8. The fraction of sp³-hybridized carbons (Fsp3) is 0.409. The van der Waals surface area contributed by atoms with Crippen LogP contribution in [0.15, 0.2) is 48.5 Å². The van der Waals surface area contributed by atoms with Gasteiger partial charge in [0.05, 0.1) is 7.11 Å². The summed E-state index contributed by atoms with van der Waals surface area (Å²) in [7, 11) is 1.70. The van der Waals surface area contributed by atoms with Crippen molar-refractivity contribution in [3.63, 3.8) is 0 Å². The monoisotopic (exact) mass is 406 g/mol. The second-order valence-corrected chi connectivity index (χ2v) is 7.47. The highest BCUT2D eigenvalue weighted by molar-refractivity contribution is 5.85. The van der Waals surface area contributed by atoms with Crippen LogP contribution < -0.4 is 20.1 Å². The first-order valence-corrected chi connectivity index (χ1v) is 9.23. The summed E-state index contributed by atoms with van der Waals surface area (Å²) in [6, 6.07) is 15.9. The molecule has 2 rings (SSSR count). The fourth-order valence-corrected chi connectivity index (χ4v) is 2.67. The number of halogens is 1. The van der Waals surface area contributed by atoms with E-state index < -0.39 is 0 Å². The maximum Gasteiger partial charge on any atom is 0.258 e. The smallest absolute Gasteiger partial charge is 0.258 e. The van der Waals surface area contributed by atoms with E-state index in [0.717, 1.165) is 25.3 Å². The van der Waals surface area contributed by atoms with E-state index in [2.05, 4.69) is 16.7 Å². The van der Waals surface area contributed by atoms with Crippen molar-refractivity contribution in [1.82, 2.24) is 10.6 Å². The van der Waals surface area contributed by atoms with E-state index in [9.17, 15) is 4.79 Å². The number of para-hydroxylation sites is 1. The second kappa shape index (κ2) is 11.6. The molecule has 1 amide bonds. The van der Waals surface area contributed by atoms with Gasteiger partial charge in [0.1, 0.15) is 11.5 Å². The van der Waals surface area contributed by atoms with Gasteiger partial charge in [0, 0.05) is 12.1 Å². The van der Waals surface area contributed by atoms with Gasteiger partial charge in [0.15, 0.2) is 6.61 Å². The third kappa shape index (κ3) is 8.63. The van der Waals surface area contributed by atoms with Crippen LogP contribution >= 0.6 is 12.4 Å². The van der Waals surface area contributed by atoms with Crippen LogP contribution in [0.4, 0.5) is 0 Å². The van der Waals surface area contributed by atoms with Gasteiger partial charge < -0.3 is 20.1 Å². The van der Waals surface area contributed by atoms with Gasteiger partial charge >= 0.3 is 0 Å². The zero-order chi connectivity index (χ0) is 19.7. The minimum atomic E-state index is -0.250. The molecule has 0 radical (unpaired) electrons. The molecule has 0 spiro atoms. The van der Waals surface area contributed by atoms with Gasteiger partial charge in [-0.3, -0.25) is 4.79 Å². The Hall–Kier alpha value is -2.24. The van der Waals surface area contributed by atoms with Crippen molar-refractivity contribution in [2.75, 3.05) is 20.3 Å². The number of benzene rings is 2. The fourth-order valence-electron chi connectivity index (χ4n) is 2.67. The average molecular weight is 407 g/mol. The van der Waals surface area contributed by atoms with E-state index in [1.54, 1.807) is 7.11 Å². The molecule has 0 aromatic heterocycles. The van der Waals surface area contributed by atoms with Gasteiger partial charge in [-0.2, -0.15) is 0 Å². The van der Waals surface area contributed by atoms with Crippen LogP contribution in [0.2, 0.25) is 0 Å². The molecule has 0 aliphatic carbocycles. The number of hydrogen-bond donors (Lipinski definition) is 2. The Labute approximate surface area is 174 Å². The lowest BCUT2D eigenvalue weighted by molar-refractivity contribution is -0.124. The molecular weight excluding hydrogens is 376 g/mol. The Morgan fingerprint density at radius 1 is 1.04 bits per heavy atom. The molecule has 0 saturated carbocycles.